The van der Waals surface area contributed by atoms with Crippen LogP contribution in [0.5, 0.6) is 0 Å². The molecule has 5 nitrogen and oxygen atoms in total. The Hall–Kier alpha value is -1.62. The van der Waals surface area contributed by atoms with E-state index < -0.39 is 0 Å². The minimum Gasteiger partial charge on any atom is -0.395 e. The number of anilines is 1. The minimum atomic E-state index is -0.181. The second kappa shape index (κ2) is 6.85. The van der Waals surface area contributed by atoms with Crippen molar-refractivity contribution in [3.05, 3.63) is 23.9 Å². The maximum atomic E-state index is 11.9. The van der Waals surface area contributed by atoms with Crippen LogP contribution in [-0.2, 0) is 0 Å². The van der Waals surface area contributed by atoms with E-state index in [9.17, 15) is 4.79 Å². The standard InChI is InChI=1S/C12H19N3O2/c1-3-7-13-11-6-4-5-10(14-11)12(17)15(2)8-9-16/h4-6,16H,3,7-9H2,1-2H3,(H,13,14). The predicted molar refractivity (Wildman–Crippen MR) is 67.1 cm³/mol. The molecule has 0 saturated heterocycles. The van der Waals surface area contributed by atoms with Gasteiger partial charge in [-0.3, -0.25) is 4.79 Å². The van der Waals surface area contributed by atoms with Crippen LogP contribution in [0, 0.1) is 0 Å². The van der Waals surface area contributed by atoms with Crippen LogP contribution in [0.2, 0.25) is 0 Å². The second-order valence-corrected chi connectivity index (χ2v) is 3.79. The second-order valence-electron chi connectivity index (χ2n) is 3.79. The number of aromatic nitrogens is 1. The van der Waals surface area contributed by atoms with Crippen LogP contribution >= 0.6 is 0 Å². The Labute approximate surface area is 101 Å². The molecule has 94 valence electrons. The first kappa shape index (κ1) is 13.4. The molecule has 2 N–H and O–H groups in total. The molecule has 1 rings (SSSR count). The predicted octanol–water partition coefficient (Wildman–Crippen LogP) is 0.968. The van der Waals surface area contributed by atoms with Gasteiger partial charge in [-0.15, -0.1) is 0 Å². The molecule has 1 heterocycles. The molecular weight excluding hydrogens is 218 g/mol. The Balaban J connectivity index is 2.73. The lowest BCUT2D eigenvalue weighted by molar-refractivity contribution is 0.0761. The molecule has 0 aliphatic rings. The molecule has 0 spiro atoms. The number of rotatable bonds is 6. The van der Waals surface area contributed by atoms with Crippen molar-refractivity contribution < 1.29 is 9.90 Å². The molecular formula is C12H19N3O2. The van der Waals surface area contributed by atoms with Gasteiger partial charge in [-0.05, 0) is 18.6 Å². The first-order valence-electron chi connectivity index (χ1n) is 5.76. The molecule has 0 atom stereocenters. The van der Waals surface area contributed by atoms with Gasteiger partial charge < -0.3 is 15.3 Å². The molecule has 1 aromatic heterocycles. The third-order valence-corrected chi connectivity index (χ3v) is 2.31. The van der Waals surface area contributed by atoms with Gasteiger partial charge in [0.2, 0.25) is 0 Å². The molecule has 0 aromatic carbocycles. The summed E-state index contributed by atoms with van der Waals surface area (Å²) in [6, 6.07) is 5.30. The van der Waals surface area contributed by atoms with Crippen molar-refractivity contribution in [1.29, 1.82) is 0 Å². The van der Waals surface area contributed by atoms with Crippen molar-refractivity contribution in [2.75, 3.05) is 32.1 Å². The zero-order valence-corrected chi connectivity index (χ0v) is 10.3. The van der Waals surface area contributed by atoms with Crippen molar-refractivity contribution in [1.82, 2.24) is 9.88 Å². The van der Waals surface area contributed by atoms with Crippen LogP contribution < -0.4 is 5.32 Å². The number of nitrogens with zero attached hydrogens (tertiary/aromatic N) is 2. The number of pyridine rings is 1. The minimum absolute atomic E-state index is 0.0456. The molecule has 0 fully saturated rings. The van der Waals surface area contributed by atoms with Crippen LogP contribution in [0.25, 0.3) is 0 Å². The molecule has 0 aliphatic carbocycles. The monoisotopic (exact) mass is 237 g/mol. The summed E-state index contributed by atoms with van der Waals surface area (Å²) in [5.74, 6) is 0.522. The smallest absolute Gasteiger partial charge is 0.272 e. The summed E-state index contributed by atoms with van der Waals surface area (Å²) in [7, 11) is 1.65. The summed E-state index contributed by atoms with van der Waals surface area (Å²) in [6.45, 7) is 3.16. The summed E-state index contributed by atoms with van der Waals surface area (Å²) in [6.07, 6.45) is 1.00. The Morgan fingerprint density at radius 3 is 2.94 bits per heavy atom. The van der Waals surface area contributed by atoms with Crippen LogP contribution in [-0.4, -0.2) is 47.6 Å². The third kappa shape index (κ3) is 4.03. The largest absolute Gasteiger partial charge is 0.395 e. The number of carbonyl (C=O) groups excluding carboxylic acids is 1. The van der Waals surface area contributed by atoms with Gasteiger partial charge in [0.05, 0.1) is 6.61 Å². The van der Waals surface area contributed by atoms with Gasteiger partial charge in [0.15, 0.2) is 0 Å². The van der Waals surface area contributed by atoms with Crippen molar-refractivity contribution >= 4 is 11.7 Å². The average Bonchev–Trinajstić information content (AvgIpc) is 2.36. The number of hydrogen-bond donors (Lipinski definition) is 2. The first-order chi connectivity index (χ1) is 8.19. The number of amides is 1. The normalized spacial score (nSPS) is 10.1. The molecule has 1 aromatic rings. The lowest BCUT2D eigenvalue weighted by atomic mass is 10.3. The van der Waals surface area contributed by atoms with Crippen molar-refractivity contribution in [2.45, 2.75) is 13.3 Å². The summed E-state index contributed by atoms with van der Waals surface area (Å²) in [5, 5.41) is 11.9. The Kier molecular flexibility index (Phi) is 5.42. The van der Waals surface area contributed by atoms with E-state index in [0.29, 0.717) is 18.1 Å². The van der Waals surface area contributed by atoms with E-state index in [4.69, 9.17) is 5.11 Å². The maximum absolute atomic E-state index is 11.9. The van der Waals surface area contributed by atoms with Crippen LogP contribution in [0.3, 0.4) is 0 Å². The zero-order valence-electron chi connectivity index (χ0n) is 10.3. The molecule has 5 heteroatoms. The Morgan fingerprint density at radius 2 is 2.29 bits per heavy atom. The zero-order chi connectivity index (χ0) is 12.7. The fraction of sp³-hybridized carbons (Fsp3) is 0.500. The topological polar surface area (TPSA) is 65.5 Å². The Morgan fingerprint density at radius 1 is 1.53 bits per heavy atom. The number of nitrogens with one attached hydrogen (secondary N) is 1. The molecule has 0 aliphatic heterocycles. The quantitative estimate of drug-likeness (QED) is 0.773. The van der Waals surface area contributed by atoms with Gasteiger partial charge in [-0.25, -0.2) is 4.98 Å². The summed E-state index contributed by atoms with van der Waals surface area (Å²) >= 11 is 0. The van der Waals surface area contributed by atoms with Crippen molar-refractivity contribution in [2.24, 2.45) is 0 Å². The highest BCUT2D eigenvalue weighted by molar-refractivity contribution is 5.92. The number of hydrogen-bond acceptors (Lipinski definition) is 4. The van der Waals surface area contributed by atoms with E-state index in [1.807, 2.05) is 6.07 Å². The summed E-state index contributed by atoms with van der Waals surface area (Å²) < 4.78 is 0. The number of aliphatic hydroxyl groups excluding tert-OH is 1. The average molecular weight is 237 g/mol. The number of likely N-dealkylation sites (N-methyl/N-ethyl adjacent to an activating group) is 1. The van der Waals surface area contributed by atoms with Crippen molar-refractivity contribution in [3.63, 3.8) is 0 Å². The van der Waals surface area contributed by atoms with Gasteiger partial charge >= 0.3 is 0 Å². The molecule has 0 unspecified atom stereocenters. The number of carbonyl (C=O) groups is 1. The molecule has 0 saturated carbocycles. The first-order valence-corrected chi connectivity index (χ1v) is 5.76. The number of aliphatic hydroxyl groups is 1. The molecule has 17 heavy (non-hydrogen) atoms. The van der Waals surface area contributed by atoms with Gasteiger partial charge in [0.25, 0.3) is 5.91 Å². The lowest BCUT2D eigenvalue weighted by Crippen LogP contribution is -2.30. The third-order valence-electron chi connectivity index (χ3n) is 2.31. The summed E-state index contributed by atoms with van der Waals surface area (Å²) in [5.41, 5.74) is 0.391. The van der Waals surface area contributed by atoms with E-state index in [0.717, 1.165) is 13.0 Å². The van der Waals surface area contributed by atoms with Gasteiger partial charge in [-0.1, -0.05) is 13.0 Å². The molecule has 0 radical (unpaired) electrons. The van der Waals surface area contributed by atoms with Crippen LogP contribution in [0.15, 0.2) is 18.2 Å². The highest BCUT2D eigenvalue weighted by Gasteiger charge is 2.12. The van der Waals surface area contributed by atoms with Gasteiger partial charge in [-0.2, -0.15) is 0 Å². The molecule has 0 bridgehead atoms. The Bertz CT molecular complexity index is 369. The van der Waals surface area contributed by atoms with E-state index in [1.165, 1.54) is 4.90 Å². The van der Waals surface area contributed by atoms with E-state index >= 15 is 0 Å². The van der Waals surface area contributed by atoms with Crippen molar-refractivity contribution in [3.8, 4) is 0 Å². The van der Waals surface area contributed by atoms with E-state index in [2.05, 4.69) is 17.2 Å². The SMILES string of the molecule is CCCNc1cccc(C(=O)N(C)CCO)n1. The van der Waals surface area contributed by atoms with Crippen LogP contribution in [0.4, 0.5) is 5.82 Å². The highest BCUT2D eigenvalue weighted by Crippen LogP contribution is 2.06. The fourth-order valence-electron chi connectivity index (χ4n) is 1.35. The van der Waals surface area contributed by atoms with E-state index in [-0.39, 0.29) is 12.5 Å². The summed E-state index contributed by atoms with van der Waals surface area (Å²) in [4.78, 5) is 17.6. The van der Waals surface area contributed by atoms with Gasteiger partial charge in [0, 0.05) is 20.1 Å². The highest BCUT2D eigenvalue weighted by atomic mass is 16.3. The van der Waals surface area contributed by atoms with E-state index in [1.54, 1.807) is 19.2 Å². The van der Waals surface area contributed by atoms with Gasteiger partial charge in [0.1, 0.15) is 11.5 Å². The fourth-order valence-corrected chi connectivity index (χ4v) is 1.35. The maximum Gasteiger partial charge on any atom is 0.272 e. The van der Waals surface area contributed by atoms with Crippen LogP contribution in [0.1, 0.15) is 23.8 Å². The lowest BCUT2D eigenvalue weighted by Gasteiger charge is -2.15. The molecule has 1 amide bonds.